The van der Waals surface area contributed by atoms with E-state index in [2.05, 4.69) is 10.2 Å². The third-order valence-corrected chi connectivity index (χ3v) is 4.57. The van der Waals surface area contributed by atoms with Gasteiger partial charge in [0.2, 0.25) is 5.91 Å². The predicted molar refractivity (Wildman–Crippen MR) is 90.9 cm³/mol. The molecule has 0 unspecified atom stereocenters. The van der Waals surface area contributed by atoms with Crippen molar-refractivity contribution in [2.45, 2.75) is 45.1 Å². The van der Waals surface area contributed by atoms with E-state index in [0.29, 0.717) is 5.02 Å². The lowest BCUT2D eigenvalue weighted by molar-refractivity contribution is -0.384. The fourth-order valence-corrected chi connectivity index (χ4v) is 2.95. The van der Waals surface area contributed by atoms with E-state index in [0.717, 1.165) is 25.9 Å². The van der Waals surface area contributed by atoms with Crippen LogP contribution in [0.15, 0.2) is 18.2 Å². The molecule has 6 nitrogen and oxygen atoms in total. The van der Waals surface area contributed by atoms with Crippen LogP contribution < -0.4 is 5.32 Å². The summed E-state index contributed by atoms with van der Waals surface area (Å²) in [6.45, 7) is 3.66. The van der Waals surface area contributed by atoms with Gasteiger partial charge in [0.1, 0.15) is 0 Å². The van der Waals surface area contributed by atoms with Crippen molar-refractivity contribution in [3.05, 3.63) is 33.3 Å². The third kappa shape index (κ3) is 4.91. The molecule has 1 aliphatic heterocycles. The summed E-state index contributed by atoms with van der Waals surface area (Å²) in [4.78, 5) is 25.0. The fraction of sp³-hybridized carbons (Fsp3) is 0.562. The van der Waals surface area contributed by atoms with Crippen LogP contribution >= 0.6 is 11.6 Å². The molecule has 0 aliphatic carbocycles. The van der Waals surface area contributed by atoms with Crippen LogP contribution in [0.5, 0.6) is 0 Å². The van der Waals surface area contributed by atoms with Gasteiger partial charge < -0.3 is 5.32 Å². The van der Waals surface area contributed by atoms with Gasteiger partial charge in [-0.3, -0.25) is 19.8 Å². The molecule has 0 saturated carbocycles. The average molecular weight is 340 g/mol. The van der Waals surface area contributed by atoms with Crippen LogP contribution in [0, 0.1) is 10.1 Å². The van der Waals surface area contributed by atoms with Crippen LogP contribution in [0.25, 0.3) is 0 Å². The molecule has 7 heteroatoms. The van der Waals surface area contributed by atoms with Crippen molar-refractivity contribution < 1.29 is 9.72 Å². The molecule has 0 aromatic heterocycles. The monoisotopic (exact) mass is 339 g/mol. The van der Waals surface area contributed by atoms with Gasteiger partial charge in [-0.2, -0.15) is 0 Å². The Hall–Kier alpha value is -1.66. The van der Waals surface area contributed by atoms with Crippen molar-refractivity contribution in [2.24, 2.45) is 0 Å². The van der Waals surface area contributed by atoms with E-state index in [1.807, 2.05) is 6.92 Å². The van der Waals surface area contributed by atoms with Crippen molar-refractivity contribution in [2.75, 3.05) is 18.4 Å². The molecule has 1 fully saturated rings. The van der Waals surface area contributed by atoms with Crippen LogP contribution in [-0.4, -0.2) is 34.9 Å². The summed E-state index contributed by atoms with van der Waals surface area (Å²) in [5.41, 5.74) is 0.188. The molecule has 2 rings (SSSR count). The number of anilines is 1. The lowest BCUT2D eigenvalue weighted by Crippen LogP contribution is -2.43. The first-order valence-corrected chi connectivity index (χ1v) is 8.35. The number of hydrogen-bond donors (Lipinski definition) is 1. The minimum atomic E-state index is -0.506. The van der Waals surface area contributed by atoms with Gasteiger partial charge in [-0.15, -0.1) is 0 Å². The fourth-order valence-electron chi connectivity index (χ4n) is 2.78. The predicted octanol–water partition coefficient (Wildman–Crippen LogP) is 3.84. The summed E-state index contributed by atoms with van der Waals surface area (Å²) in [6, 6.07) is 3.75. The highest BCUT2D eigenvalue weighted by atomic mass is 35.5. The highest BCUT2D eigenvalue weighted by molar-refractivity contribution is 6.33. The number of carbonyl (C=O) groups is 1. The molecule has 126 valence electrons. The number of nitro benzene ring substituents is 1. The van der Waals surface area contributed by atoms with Crippen molar-refractivity contribution in [3.8, 4) is 0 Å². The first-order chi connectivity index (χ1) is 11.0. The van der Waals surface area contributed by atoms with Crippen LogP contribution in [0.1, 0.15) is 39.0 Å². The van der Waals surface area contributed by atoms with Crippen LogP contribution in [0.4, 0.5) is 11.4 Å². The number of amides is 1. The summed E-state index contributed by atoms with van der Waals surface area (Å²) in [5, 5.41) is 13.9. The lowest BCUT2D eigenvalue weighted by atomic mass is 10.1. The lowest BCUT2D eigenvalue weighted by Gasteiger charge is -2.29. The van der Waals surface area contributed by atoms with Crippen molar-refractivity contribution in [1.82, 2.24) is 4.90 Å². The zero-order valence-corrected chi connectivity index (χ0v) is 14.0. The minimum Gasteiger partial charge on any atom is -0.323 e. The van der Waals surface area contributed by atoms with E-state index in [1.165, 1.54) is 37.5 Å². The number of nitrogens with zero attached hydrogens (tertiary/aromatic N) is 2. The molecule has 0 spiro atoms. The number of non-ortho nitro benzene ring substituents is 1. The van der Waals surface area contributed by atoms with Gasteiger partial charge in [0.05, 0.1) is 21.7 Å². The molecule has 0 bridgehead atoms. The molecule has 1 N–H and O–H groups in total. The molecule has 1 aromatic rings. The normalized spacial score (nSPS) is 17.8. The summed E-state index contributed by atoms with van der Waals surface area (Å²) in [7, 11) is 0. The maximum atomic E-state index is 12.5. The largest absolute Gasteiger partial charge is 0.323 e. The Kier molecular flexibility index (Phi) is 6.36. The van der Waals surface area contributed by atoms with E-state index in [4.69, 9.17) is 11.6 Å². The second-order valence-electron chi connectivity index (χ2n) is 5.89. The molecule has 1 atom stereocenters. The summed E-state index contributed by atoms with van der Waals surface area (Å²) >= 11 is 6.03. The van der Waals surface area contributed by atoms with Gasteiger partial charge >= 0.3 is 0 Å². The van der Waals surface area contributed by atoms with Crippen molar-refractivity contribution in [3.63, 3.8) is 0 Å². The number of halogens is 1. The van der Waals surface area contributed by atoms with E-state index < -0.39 is 4.92 Å². The first-order valence-electron chi connectivity index (χ1n) is 7.98. The van der Waals surface area contributed by atoms with Gasteiger partial charge in [-0.25, -0.2) is 0 Å². The summed E-state index contributed by atoms with van der Waals surface area (Å²) < 4.78 is 0. The van der Waals surface area contributed by atoms with Crippen LogP contribution in [-0.2, 0) is 4.79 Å². The van der Waals surface area contributed by atoms with E-state index in [1.54, 1.807) is 0 Å². The van der Waals surface area contributed by atoms with Crippen LogP contribution in [0.2, 0.25) is 5.02 Å². The van der Waals surface area contributed by atoms with Gasteiger partial charge in [-0.1, -0.05) is 30.9 Å². The number of nitrogens with one attached hydrogen (secondary N) is 1. The molecule has 0 radical (unpaired) electrons. The quantitative estimate of drug-likeness (QED) is 0.668. The van der Waals surface area contributed by atoms with Gasteiger partial charge in [0.25, 0.3) is 5.69 Å². The molecular weight excluding hydrogens is 318 g/mol. The second-order valence-corrected chi connectivity index (χ2v) is 6.30. The Morgan fingerprint density at radius 3 is 2.48 bits per heavy atom. The topological polar surface area (TPSA) is 75.5 Å². The van der Waals surface area contributed by atoms with E-state index >= 15 is 0 Å². The second kappa shape index (κ2) is 8.26. The maximum absolute atomic E-state index is 12.5. The summed E-state index contributed by atoms with van der Waals surface area (Å²) in [5.74, 6) is -0.187. The molecule has 1 aromatic carbocycles. The van der Waals surface area contributed by atoms with Gasteiger partial charge in [0, 0.05) is 12.1 Å². The Balaban J connectivity index is 2.05. The molecule has 23 heavy (non-hydrogen) atoms. The maximum Gasteiger partial charge on any atom is 0.271 e. The average Bonchev–Trinajstić information content (AvgIpc) is 2.48. The Labute approximate surface area is 141 Å². The standard InChI is InChI=1S/C16H22ClN3O3/c1-12(19-9-5-3-2-4-6-10-19)16(21)18-15-11-13(20(22)23)7-8-14(15)17/h7-8,11-12H,2-6,9-10H2,1H3,(H,18,21)/t12-/m0/s1. The molecular formula is C16H22ClN3O3. The SMILES string of the molecule is C[C@@H](C(=O)Nc1cc([N+](=O)[O-])ccc1Cl)N1CCCCCCC1. The highest BCUT2D eigenvalue weighted by Gasteiger charge is 2.23. The smallest absolute Gasteiger partial charge is 0.271 e. The van der Waals surface area contributed by atoms with Gasteiger partial charge in [-0.05, 0) is 38.9 Å². The van der Waals surface area contributed by atoms with Gasteiger partial charge in [0.15, 0.2) is 0 Å². The highest BCUT2D eigenvalue weighted by Crippen LogP contribution is 2.27. The molecule has 1 amide bonds. The number of hydrogen-bond acceptors (Lipinski definition) is 4. The Morgan fingerprint density at radius 1 is 1.26 bits per heavy atom. The van der Waals surface area contributed by atoms with Crippen molar-refractivity contribution in [1.29, 1.82) is 0 Å². The number of benzene rings is 1. The Morgan fingerprint density at radius 2 is 1.87 bits per heavy atom. The summed E-state index contributed by atoms with van der Waals surface area (Å²) in [6.07, 6.45) is 5.84. The zero-order valence-electron chi connectivity index (χ0n) is 13.3. The number of carbonyl (C=O) groups excluding carboxylic acids is 1. The van der Waals surface area contributed by atoms with Crippen molar-refractivity contribution >= 4 is 28.9 Å². The third-order valence-electron chi connectivity index (χ3n) is 4.24. The molecule has 1 saturated heterocycles. The van der Waals surface area contributed by atoms with Crippen LogP contribution in [0.3, 0.4) is 0 Å². The first kappa shape index (κ1) is 17.7. The zero-order chi connectivity index (χ0) is 16.8. The Bertz CT molecular complexity index is 572. The molecule has 1 heterocycles. The van der Waals surface area contributed by atoms with E-state index in [-0.39, 0.29) is 23.3 Å². The number of likely N-dealkylation sites (tertiary alicyclic amines) is 1. The molecule has 1 aliphatic rings. The number of rotatable bonds is 4. The minimum absolute atomic E-state index is 0.0939. The number of nitro groups is 1. The van der Waals surface area contributed by atoms with E-state index in [9.17, 15) is 14.9 Å².